The number of H-pyrrole nitrogens is 1. The number of benzene rings is 1. The second kappa shape index (κ2) is 5.38. The number of aldehydes is 1. The molecular weight excluding hydrogens is 242 g/mol. The van der Waals surface area contributed by atoms with E-state index in [1.54, 1.807) is 26.3 Å². The number of aliphatic hydroxyl groups is 1. The molecule has 2 N–H and O–H groups in total. The molecule has 1 atom stereocenters. The van der Waals surface area contributed by atoms with Gasteiger partial charge in [-0.25, -0.2) is 0 Å². The summed E-state index contributed by atoms with van der Waals surface area (Å²) in [7, 11) is 1.55. The van der Waals surface area contributed by atoms with E-state index >= 15 is 0 Å². The minimum Gasteiger partial charge on any atom is -0.393 e. The van der Waals surface area contributed by atoms with Crippen molar-refractivity contribution in [2.24, 2.45) is 0 Å². The number of hydrogen-bond acceptors (Lipinski definition) is 3. The molecule has 0 aliphatic rings. The van der Waals surface area contributed by atoms with Gasteiger partial charge >= 0.3 is 0 Å². The summed E-state index contributed by atoms with van der Waals surface area (Å²) in [4.78, 5) is 14.1. The van der Waals surface area contributed by atoms with Crippen LogP contribution in [0, 0.1) is 0 Å². The fourth-order valence-corrected chi connectivity index (χ4v) is 1.92. The molecule has 100 valence electrons. The molecule has 0 aliphatic heterocycles. The smallest absolute Gasteiger partial charge is 0.152 e. The maximum Gasteiger partial charge on any atom is 0.152 e. The van der Waals surface area contributed by atoms with Crippen LogP contribution in [-0.4, -0.2) is 35.7 Å². The van der Waals surface area contributed by atoms with Crippen molar-refractivity contribution >= 4 is 23.3 Å². The van der Waals surface area contributed by atoms with Crippen molar-refractivity contribution < 1.29 is 14.6 Å². The molecule has 0 amide bonds. The van der Waals surface area contributed by atoms with Crippen molar-refractivity contribution in [3.05, 3.63) is 41.6 Å². The molecule has 4 nitrogen and oxygen atoms in total. The van der Waals surface area contributed by atoms with Crippen LogP contribution in [0.5, 0.6) is 0 Å². The van der Waals surface area contributed by atoms with Crippen LogP contribution in [-0.2, 0) is 4.74 Å². The van der Waals surface area contributed by atoms with Crippen molar-refractivity contribution in [3.63, 3.8) is 0 Å². The van der Waals surface area contributed by atoms with E-state index < -0.39 is 5.60 Å². The van der Waals surface area contributed by atoms with Gasteiger partial charge in [-0.15, -0.1) is 0 Å². The number of rotatable bonds is 5. The van der Waals surface area contributed by atoms with Crippen LogP contribution in [0.3, 0.4) is 0 Å². The van der Waals surface area contributed by atoms with Crippen molar-refractivity contribution in [2.75, 3.05) is 13.7 Å². The number of methoxy groups -OCH3 is 1. The molecule has 2 aromatic rings. The van der Waals surface area contributed by atoms with E-state index in [1.807, 2.05) is 24.3 Å². The Bertz CT molecular complexity index is 609. The molecule has 1 aromatic heterocycles. The van der Waals surface area contributed by atoms with Gasteiger partial charge in [0.05, 0.1) is 6.61 Å². The summed E-state index contributed by atoms with van der Waals surface area (Å²) in [5.41, 5.74) is 1.73. The lowest BCUT2D eigenvalue weighted by Gasteiger charge is -2.21. The first kappa shape index (κ1) is 13.5. The Morgan fingerprint density at radius 3 is 2.84 bits per heavy atom. The van der Waals surface area contributed by atoms with Crippen LogP contribution in [0.4, 0.5) is 0 Å². The second-order valence-corrected chi connectivity index (χ2v) is 4.64. The lowest BCUT2D eigenvalue weighted by atomic mass is 10.0. The largest absolute Gasteiger partial charge is 0.393 e. The summed E-state index contributed by atoms with van der Waals surface area (Å²) in [5, 5.41) is 10.2. The van der Waals surface area contributed by atoms with E-state index in [0.29, 0.717) is 5.56 Å². The van der Waals surface area contributed by atoms with Gasteiger partial charge in [-0.2, -0.15) is 0 Å². The molecular formula is C15H17NO3. The Hall–Kier alpha value is -1.91. The normalized spacial score (nSPS) is 14.9. The van der Waals surface area contributed by atoms with Crippen LogP contribution in [0.25, 0.3) is 17.0 Å². The number of carbonyl (C=O) groups excluding carboxylic acids is 1. The highest BCUT2D eigenvalue weighted by Crippen LogP contribution is 2.24. The predicted molar refractivity (Wildman–Crippen MR) is 75.2 cm³/mol. The number of fused-ring (bicyclic) bond motifs is 1. The first-order valence-corrected chi connectivity index (χ1v) is 6.04. The molecule has 0 saturated heterocycles. The van der Waals surface area contributed by atoms with E-state index in [2.05, 4.69) is 4.98 Å². The van der Waals surface area contributed by atoms with Gasteiger partial charge in [0.1, 0.15) is 5.60 Å². The molecule has 1 aromatic carbocycles. The molecule has 0 spiro atoms. The third-order valence-corrected chi connectivity index (χ3v) is 3.29. The standard InChI is InChI=1S/C15H17NO3/c1-15(10-18,19-2)7-6-11-4-3-5-13-14(11)12(9-17)8-16-13/h3-9,16,18H,10H2,1-2H3. The molecule has 19 heavy (non-hydrogen) atoms. The summed E-state index contributed by atoms with van der Waals surface area (Å²) in [6.45, 7) is 1.69. The average Bonchev–Trinajstić information content (AvgIpc) is 2.88. The summed E-state index contributed by atoms with van der Waals surface area (Å²) in [6.07, 6.45) is 6.18. The van der Waals surface area contributed by atoms with E-state index in [1.165, 1.54) is 0 Å². The van der Waals surface area contributed by atoms with E-state index in [-0.39, 0.29) is 6.61 Å². The van der Waals surface area contributed by atoms with Gasteiger partial charge in [0.25, 0.3) is 0 Å². The summed E-state index contributed by atoms with van der Waals surface area (Å²) >= 11 is 0. The fourth-order valence-electron chi connectivity index (χ4n) is 1.92. The Labute approximate surface area is 111 Å². The van der Waals surface area contributed by atoms with Crippen LogP contribution in [0.1, 0.15) is 22.8 Å². The molecule has 0 fully saturated rings. The summed E-state index contributed by atoms with van der Waals surface area (Å²) in [6, 6.07) is 5.75. The molecule has 4 heteroatoms. The molecule has 1 unspecified atom stereocenters. The van der Waals surface area contributed by atoms with Crippen molar-refractivity contribution in [2.45, 2.75) is 12.5 Å². The average molecular weight is 259 g/mol. The quantitative estimate of drug-likeness (QED) is 0.810. The fraction of sp³-hybridized carbons (Fsp3) is 0.267. The van der Waals surface area contributed by atoms with Gasteiger partial charge < -0.3 is 14.8 Å². The number of carbonyl (C=O) groups is 1. The first-order valence-electron chi connectivity index (χ1n) is 6.04. The number of aliphatic hydroxyl groups excluding tert-OH is 1. The minimum atomic E-state index is -0.722. The van der Waals surface area contributed by atoms with Crippen molar-refractivity contribution in [1.82, 2.24) is 4.98 Å². The van der Waals surface area contributed by atoms with Crippen LogP contribution in [0.2, 0.25) is 0 Å². The Morgan fingerprint density at radius 1 is 1.42 bits per heavy atom. The van der Waals surface area contributed by atoms with E-state index in [0.717, 1.165) is 22.8 Å². The van der Waals surface area contributed by atoms with Crippen LogP contribution >= 0.6 is 0 Å². The maximum absolute atomic E-state index is 11.0. The number of hydrogen-bond donors (Lipinski definition) is 2. The zero-order chi connectivity index (χ0) is 13.9. The van der Waals surface area contributed by atoms with Crippen molar-refractivity contribution in [1.29, 1.82) is 0 Å². The van der Waals surface area contributed by atoms with Gasteiger partial charge in [-0.05, 0) is 18.6 Å². The molecule has 0 radical (unpaired) electrons. The number of ether oxygens (including phenoxy) is 1. The highest BCUT2D eigenvalue weighted by atomic mass is 16.5. The van der Waals surface area contributed by atoms with E-state index in [4.69, 9.17) is 4.74 Å². The third kappa shape index (κ3) is 2.59. The monoisotopic (exact) mass is 259 g/mol. The minimum absolute atomic E-state index is 0.107. The zero-order valence-corrected chi connectivity index (χ0v) is 11.0. The lowest BCUT2D eigenvalue weighted by Crippen LogP contribution is -2.28. The molecule has 0 aliphatic carbocycles. The summed E-state index contributed by atoms with van der Waals surface area (Å²) in [5.74, 6) is 0. The molecule has 1 heterocycles. The SMILES string of the molecule is COC(C)(C=Cc1cccc2[nH]cc(C=O)c12)CO. The van der Waals surface area contributed by atoms with Crippen LogP contribution in [0.15, 0.2) is 30.5 Å². The molecule has 0 saturated carbocycles. The van der Waals surface area contributed by atoms with Gasteiger partial charge in [0, 0.05) is 29.8 Å². The number of aromatic amines is 1. The number of nitrogens with one attached hydrogen (secondary N) is 1. The molecule has 0 bridgehead atoms. The third-order valence-electron chi connectivity index (χ3n) is 3.29. The first-order chi connectivity index (χ1) is 9.13. The van der Waals surface area contributed by atoms with Gasteiger partial charge in [0.15, 0.2) is 6.29 Å². The lowest BCUT2D eigenvalue weighted by molar-refractivity contribution is 0.00104. The zero-order valence-electron chi connectivity index (χ0n) is 11.0. The second-order valence-electron chi connectivity index (χ2n) is 4.64. The maximum atomic E-state index is 11.0. The van der Waals surface area contributed by atoms with Gasteiger partial charge in [-0.1, -0.05) is 24.3 Å². The Kier molecular flexibility index (Phi) is 3.83. The Morgan fingerprint density at radius 2 is 2.21 bits per heavy atom. The topological polar surface area (TPSA) is 62.3 Å². The van der Waals surface area contributed by atoms with Gasteiger partial charge in [0.2, 0.25) is 0 Å². The van der Waals surface area contributed by atoms with Crippen LogP contribution < -0.4 is 0 Å². The predicted octanol–water partition coefficient (Wildman–Crippen LogP) is 2.39. The highest BCUT2D eigenvalue weighted by molar-refractivity contribution is 6.01. The Balaban J connectivity index is 2.48. The van der Waals surface area contributed by atoms with Crippen molar-refractivity contribution in [3.8, 4) is 0 Å². The highest BCUT2D eigenvalue weighted by Gasteiger charge is 2.18. The van der Waals surface area contributed by atoms with E-state index in [9.17, 15) is 9.90 Å². The summed E-state index contributed by atoms with van der Waals surface area (Å²) < 4.78 is 5.24. The number of aromatic nitrogens is 1. The van der Waals surface area contributed by atoms with Gasteiger partial charge in [-0.3, -0.25) is 4.79 Å². The molecule has 2 rings (SSSR count).